The molecule has 2 heterocycles. The normalized spacial score (nSPS) is 31.1. The number of rotatable bonds is 5. The summed E-state index contributed by atoms with van der Waals surface area (Å²) >= 11 is 0. The number of aliphatic imine (C=N–C) groups is 1. The van der Waals surface area contributed by atoms with Crippen molar-refractivity contribution in [2.45, 2.75) is 70.2 Å². The van der Waals surface area contributed by atoms with Crippen LogP contribution in [0.15, 0.2) is 29.3 Å². The molecule has 1 spiro atoms. The number of guanidine groups is 1. The van der Waals surface area contributed by atoms with Crippen molar-refractivity contribution in [1.82, 2.24) is 15.5 Å². The van der Waals surface area contributed by atoms with Crippen LogP contribution in [0.4, 0.5) is 0 Å². The topological polar surface area (TPSA) is 48.9 Å². The van der Waals surface area contributed by atoms with Crippen LogP contribution in [0.25, 0.3) is 0 Å². The number of fused-ring (bicyclic) bond motifs is 2. The van der Waals surface area contributed by atoms with Crippen LogP contribution < -0.4 is 10.6 Å². The number of piperidine rings is 1. The van der Waals surface area contributed by atoms with Crippen molar-refractivity contribution in [2.24, 2.45) is 16.3 Å². The lowest BCUT2D eigenvalue weighted by Gasteiger charge is -2.63. The van der Waals surface area contributed by atoms with E-state index in [1.54, 1.807) is 0 Å². The van der Waals surface area contributed by atoms with Crippen LogP contribution in [0.1, 0.15) is 56.1 Å². The Bertz CT molecular complexity index is 721. The average molecular weight is 397 g/mol. The second-order valence-electron chi connectivity index (χ2n) is 9.53. The van der Waals surface area contributed by atoms with Crippen LogP contribution in [0.2, 0.25) is 0 Å². The highest BCUT2D eigenvalue weighted by Gasteiger charge is 2.66. The Labute approximate surface area is 175 Å². The third-order valence-electron chi connectivity index (χ3n) is 7.89. The third-order valence-corrected chi connectivity index (χ3v) is 7.89. The molecule has 1 aromatic rings. The summed E-state index contributed by atoms with van der Waals surface area (Å²) in [5.41, 5.74) is 3.12. The average Bonchev–Trinajstić information content (AvgIpc) is 3.14. The summed E-state index contributed by atoms with van der Waals surface area (Å²) in [6.07, 6.45) is 9.75. The molecule has 5 rings (SSSR count). The zero-order valence-electron chi connectivity index (χ0n) is 17.8. The molecule has 0 radical (unpaired) electrons. The van der Waals surface area contributed by atoms with E-state index in [9.17, 15) is 0 Å². The Morgan fingerprint density at radius 3 is 2.55 bits per heavy atom. The maximum absolute atomic E-state index is 6.05. The van der Waals surface area contributed by atoms with Crippen molar-refractivity contribution in [3.05, 3.63) is 35.4 Å². The van der Waals surface area contributed by atoms with Gasteiger partial charge in [-0.15, -0.1) is 0 Å². The van der Waals surface area contributed by atoms with Crippen LogP contribution in [0, 0.1) is 11.3 Å². The lowest BCUT2D eigenvalue weighted by molar-refractivity contribution is -0.171. The van der Waals surface area contributed by atoms with E-state index in [-0.39, 0.29) is 0 Å². The van der Waals surface area contributed by atoms with Crippen LogP contribution in [0.5, 0.6) is 0 Å². The summed E-state index contributed by atoms with van der Waals surface area (Å²) in [5, 5.41) is 7.29. The smallest absolute Gasteiger partial charge is 0.191 e. The van der Waals surface area contributed by atoms with Crippen LogP contribution in [0.3, 0.4) is 0 Å². The lowest BCUT2D eigenvalue weighted by Crippen LogP contribution is -2.72. The zero-order chi connectivity index (χ0) is 19.7. The van der Waals surface area contributed by atoms with Gasteiger partial charge < -0.3 is 15.4 Å². The Kier molecular flexibility index (Phi) is 5.53. The van der Waals surface area contributed by atoms with E-state index in [4.69, 9.17) is 4.74 Å². The van der Waals surface area contributed by atoms with E-state index < -0.39 is 0 Å². The molecule has 2 saturated heterocycles. The number of ether oxygens (including phenoxy) is 1. The summed E-state index contributed by atoms with van der Waals surface area (Å²) in [7, 11) is 1.88. The predicted molar refractivity (Wildman–Crippen MR) is 117 cm³/mol. The first-order valence-corrected chi connectivity index (χ1v) is 11.7. The molecular weight excluding hydrogens is 360 g/mol. The van der Waals surface area contributed by atoms with Gasteiger partial charge in [0.05, 0.1) is 6.10 Å². The first kappa shape index (κ1) is 19.4. The van der Waals surface area contributed by atoms with Gasteiger partial charge in [-0.05, 0) is 56.3 Å². The number of hydrogen-bond donors (Lipinski definition) is 2. The number of hydrogen-bond acceptors (Lipinski definition) is 3. The van der Waals surface area contributed by atoms with Crippen molar-refractivity contribution in [2.75, 3.05) is 26.7 Å². The molecule has 3 unspecified atom stereocenters. The van der Waals surface area contributed by atoms with Crippen molar-refractivity contribution in [3.8, 4) is 0 Å². The highest BCUT2D eigenvalue weighted by Crippen LogP contribution is 2.62. The van der Waals surface area contributed by atoms with E-state index in [0.29, 0.717) is 23.5 Å². The number of nitrogens with zero attached hydrogens (tertiary/aromatic N) is 2. The molecule has 2 aliphatic heterocycles. The Morgan fingerprint density at radius 2 is 1.86 bits per heavy atom. The van der Waals surface area contributed by atoms with Crippen molar-refractivity contribution < 1.29 is 4.74 Å². The van der Waals surface area contributed by atoms with Gasteiger partial charge in [0.1, 0.15) is 0 Å². The molecule has 0 aromatic heterocycles. The van der Waals surface area contributed by atoms with Crippen LogP contribution >= 0.6 is 0 Å². The number of nitrogens with one attached hydrogen (secondary N) is 2. The molecule has 29 heavy (non-hydrogen) atoms. The zero-order valence-corrected chi connectivity index (χ0v) is 17.8. The Hall–Kier alpha value is -1.59. The molecule has 1 aromatic carbocycles. The summed E-state index contributed by atoms with van der Waals surface area (Å²) in [6.45, 7) is 5.34. The first-order chi connectivity index (χ1) is 14.3. The summed E-state index contributed by atoms with van der Waals surface area (Å²) in [5.74, 6) is 1.60. The Morgan fingerprint density at radius 1 is 1.10 bits per heavy atom. The van der Waals surface area contributed by atoms with Gasteiger partial charge in [0.15, 0.2) is 5.96 Å². The largest absolute Gasteiger partial charge is 0.377 e. The third kappa shape index (κ3) is 3.68. The fraction of sp³-hybridized carbons (Fsp3) is 0.708. The maximum atomic E-state index is 6.05. The van der Waals surface area contributed by atoms with Crippen LogP contribution in [-0.4, -0.2) is 49.7 Å². The van der Waals surface area contributed by atoms with E-state index in [1.165, 1.54) is 69.2 Å². The van der Waals surface area contributed by atoms with E-state index in [2.05, 4.69) is 44.8 Å². The predicted octanol–water partition coefficient (Wildman–Crippen LogP) is 3.30. The fourth-order valence-electron chi connectivity index (χ4n) is 6.12. The molecule has 3 atom stereocenters. The second-order valence-corrected chi connectivity index (χ2v) is 9.53. The van der Waals surface area contributed by atoms with Crippen molar-refractivity contribution in [1.29, 1.82) is 0 Å². The number of benzene rings is 1. The molecule has 2 saturated carbocycles. The summed E-state index contributed by atoms with van der Waals surface area (Å²) in [4.78, 5) is 7.09. The van der Waals surface area contributed by atoms with Gasteiger partial charge in [-0.3, -0.25) is 9.89 Å². The summed E-state index contributed by atoms with van der Waals surface area (Å²) < 4.78 is 6.05. The van der Waals surface area contributed by atoms with E-state index in [1.807, 2.05) is 7.05 Å². The fourth-order valence-corrected chi connectivity index (χ4v) is 6.12. The Balaban J connectivity index is 1.13. The molecule has 2 aliphatic carbocycles. The monoisotopic (exact) mass is 396 g/mol. The highest BCUT2D eigenvalue weighted by atomic mass is 16.5. The molecule has 4 aliphatic rings. The molecule has 158 valence electrons. The van der Waals surface area contributed by atoms with Gasteiger partial charge in [-0.25, -0.2) is 0 Å². The summed E-state index contributed by atoms with van der Waals surface area (Å²) in [6, 6.07) is 9.63. The van der Waals surface area contributed by atoms with Crippen LogP contribution in [-0.2, 0) is 17.8 Å². The first-order valence-electron chi connectivity index (χ1n) is 11.7. The highest BCUT2D eigenvalue weighted by molar-refractivity contribution is 5.80. The van der Waals surface area contributed by atoms with Gasteiger partial charge in [0.25, 0.3) is 0 Å². The SMILES string of the molecule is CN=C(NCc1ccc(CN2CCCCC2)cc1)NC1C2CCOC2C12CCC2. The molecule has 4 fully saturated rings. The van der Waals surface area contributed by atoms with Crippen molar-refractivity contribution in [3.63, 3.8) is 0 Å². The molecular formula is C24H36N4O. The minimum Gasteiger partial charge on any atom is -0.377 e. The molecule has 5 heteroatoms. The van der Waals surface area contributed by atoms with Gasteiger partial charge >= 0.3 is 0 Å². The van der Waals surface area contributed by atoms with Gasteiger partial charge in [0.2, 0.25) is 0 Å². The molecule has 2 N–H and O–H groups in total. The minimum absolute atomic E-state index is 0.384. The minimum atomic E-state index is 0.384. The number of likely N-dealkylation sites (tertiary alicyclic amines) is 1. The second kappa shape index (κ2) is 8.27. The van der Waals surface area contributed by atoms with Gasteiger partial charge in [-0.1, -0.05) is 37.1 Å². The molecule has 5 nitrogen and oxygen atoms in total. The molecule has 0 amide bonds. The van der Waals surface area contributed by atoms with Gasteiger partial charge in [-0.2, -0.15) is 0 Å². The van der Waals surface area contributed by atoms with Gasteiger partial charge in [0, 0.05) is 44.1 Å². The maximum Gasteiger partial charge on any atom is 0.191 e. The molecule has 0 bridgehead atoms. The standard InChI is InChI=1S/C24H36N4O/c1-25-23(27-21-20-10-15-29-22(20)24(21)11-5-12-24)26-16-18-6-8-19(9-7-18)17-28-13-3-2-4-14-28/h6-9,20-22H,2-5,10-17H2,1H3,(H2,25,26,27). The van der Waals surface area contributed by atoms with Crippen molar-refractivity contribution >= 4 is 5.96 Å². The quantitative estimate of drug-likeness (QED) is 0.592. The van der Waals surface area contributed by atoms with E-state index in [0.717, 1.165) is 25.7 Å². The lowest BCUT2D eigenvalue weighted by atomic mass is 9.46. The van der Waals surface area contributed by atoms with E-state index >= 15 is 0 Å².